The van der Waals surface area contributed by atoms with Crippen LogP contribution in [0.15, 0.2) is 48.5 Å². The highest BCUT2D eigenvalue weighted by atomic mass is 15.1. The summed E-state index contributed by atoms with van der Waals surface area (Å²) in [7, 11) is 4.07. The standard InChI is InChI=1S/C18H24N2/c1-18(2,3)16-11-6-7-12-17(16)20(5)15-10-8-9-14(13-15)19-4/h6-13,19H,1-5H3. The first kappa shape index (κ1) is 14.4. The van der Waals surface area contributed by atoms with Crippen LogP contribution in [0.3, 0.4) is 0 Å². The molecule has 0 radical (unpaired) electrons. The van der Waals surface area contributed by atoms with Crippen LogP contribution in [0.5, 0.6) is 0 Å². The van der Waals surface area contributed by atoms with E-state index in [9.17, 15) is 0 Å². The monoisotopic (exact) mass is 268 g/mol. The minimum atomic E-state index is 0.130. The van der Waals surface area contributed by atoms with Gasteiger partial charge in [-0.25, -0.2) is 0 Å². The lowest BCUT2D eigenvalue weighted by Crippen LogP contribution is -2.19. The summed E-state index contributed by atoms with van der Waals surface area (Å²) in [5.74, 6) is 0. The van der Waals surface area contributed by atoms with Crippen molar-refractivity contribution in [3.8, 4) is 0 Å². The first-order valence-electron chi connectivity index (χ1n) is 7.04. The lowest BCUT2D eigenvalue weighted by molar-refractivity contribution is 0.590. The van der Waals surface area contributed by atoms with E-state index in [0.717, 1.165) is 5.69 Å². The third kappa shape index (κ3) is 2.96. The number of nitrogens with zero attached hydrogens (tertiary/aromatic N) is 1. The molecule has 20 heavy (non-hydrogen) atoms. The molecular formula is C18H24N2. The van der Waals surface area contributed by atoms with E-state index in [4.69, 9.17) is 0 Å². The number of hydrogen-bond donors (Lipinski definition) is 1. The largest absolute Gasteiger partial charge is 0.388 e. The van der Waals surface area contributed by atoms with Gasteiger partial charge in [-0.3, -0.25) is 0 Å². The number of rotatable bonds is 3. The Kier molecular flexibility index (Phi) is 4.03. The third-order valence-electron chi connectivity index (χ3n) is 3.60. The van der Waals surface area contributed by atoms with Crippen LogP contribution in [0.4, 0.5) is 17.1 Å². The molecule has 0 atom stereocenters. The van der Waals surface area contributed by atoms with Gasteiger partial charge in [0.25, 0.3) is 0 Å². The summed E-state index contributed by atoms with van der Waals surface area (Å²) in [6, 6.07) is 17.1. The average molecular weight is 268 g/mol. The highest BCUT2D eigenvalue weighted by Crippen LogP contribution is 2.35. The first-order valence-corrected chi connectivity index (χ1v) is 7.04. The van der Waals surface area contributed by atoms with E-state index in [-0.39, 0.29) is 5.41 Å². The maximum atomic E-state index is 3.19. The van der Waals surface area contributed by atoms with E-state index < -0.39 is 0 Å². The van der Waals surface area contributed by atoms with Crippen molar-refractivity contribution in [3.05, 3.63) is 54.1 Å². The maximum Gasteiger partial charge on any atom is 0.0446 e. The summed E-state index contributed by atoms with van der Waals surface area (Å²) in [4.78, 5) is 2.25. The minimum absolute atomic E-state index is 0.130. The molecule has 2 aromatic rings. The van der Waals surface area contributed by atoms with Crippen molar-refractivity contribution in [1.29, 1.82) is 0 Å². The van der Waals surface area contributed by atoms with Gasteiger partial charge < -0.3 is 10.2 Å². The molecule has 0 aliphatic carbocycles. The molecule has 0 fully saturated rings. The summed E-state index contributed by atoms with van der Waals surface area (Å²) < 4.78 is 0. The summed E-state index contributed by atoms with van der Waals surface area (Å²) in [6.07, 6.45) is 0. The Morgan fingerprint density at radius 2 is 1.65 bits per heavy atom. The molecule has 0 saturated heterocycles. The van der Waals surface area contributed by atoms with Gasteiger partial charge in [-0.15, -0.1) is 0 Å². The number of hydrogen-bond acceptors (Lipinski definition) is 2. The van der Waals surface area contributed by atoms with Crippen LogP contribution in [-0.2, 0) is 5.41 Å². The smallest absolute Gasteiger partial charge is 0.0446 e. The van der Waals surface area contributed by atoms with Crippen LogP contribution in [0.2, 0.25) is 0 Å². The molecule has 1 N–H and O–H groups in total. The summed E-state index contributed by atoms with van der Waals surface area (Å²) in [6.45, 7) is 6.76. The molecule has 0 heterocycles. The van der Waals surface area contributed by atoms with Gasteiger partial charge in [0.1, 0.15) is 0 Å². The lowest BCUT2D eigenvalue weighted by Gasteiger charge is -2.29. The molecule has 0 aliphatic rings. The van der Waals surface area contributed by atoms with Crippen molar-refractivity contribution in [2.75, 3.05) is 24.3 Å². The zero-order valence-corrected chi connectivity index (χ0v) is 13.1. The SMILES string of the molecule is CNc1cccc(N(C)c2ccccc2C(C)(C)C)c1. The lowest BCUT2D eigenvalue weighted by atomic mass is 9.85. The molecule has 2 heteroatoms. The zero-order valence-electron chi connectivity index (χ0n) is 13.1. The van der Waals surface area contributed by atoms with Gasteiger partial charge in [0.15, 0.2) is 0 Å². The average Bonchev–Trinajstić information content (AvgIpc) is 2.45. The van der Waals surface area contributed by atoms with Crippen LogP contribution in [-0.4, -0.2) is 14.1 Å². The van der Waals surface area contributed by atoms with Crippen molar-refractivity contribution in [2.24, 2.45) is 0 Å². The van der Waals surface area contributed by atoms with Gasteiger partial charge in [-0.2, -0.15) is 0 Å². The number of para-hydroxylation sites is 1. The second-order valence-corrected chi connectivity index (χ2v) is 6.13. The normalized spacial score (nSPS) is 11.2. The predicted molar refractivity (Wildman–Crippen MR) is 89.2 cm³/mol. The second-order valence-electron chi connectivity index (χ2n) is 6.13. The molecule has 2 nitrogen and oxygen atoms in total. The molecule has 0 aliphatic heterocycles. The summed E-state index contributed by atoms with van der Waals surface area (Å²) >= 11 is 0. The van der Waals surface area contributed by atoms with Gasteiger partial charge in [-0.05, 0) is 35.2 Å². The number of anilines is 3. The van der Waals surface area contributed by atoms with Crippen LogP contribution in [0.1, 0.15) is 26.3 Å². The quantitative estimate of drug-likeness (QED) is 0.860. The Balaban J connectivity index is 2.45. The molecule has 2 rings (SSSR count). The fourth-order valence-corrected chi connectivity index (χ4v) is 2.41. The Morgan fingerprint density at radius 1 is 0.950 bits per heavy atom. The Bertz CT molecular complexity index is 582. The zero-order chi connectivity index (χ0) is 14.8. The molecule has 0 saturated carbocycles. The van der Waals surface area contributed by atoms with Gasteiger partial charge in [0.05, 0.1) is 0 Å². The van der Waals surface area contributed by atoms with Crippen molar-refractivity contribution >= 4 is 17.1 Å². The van der Waals surface area contributed by atoms with Crippen LogP contribution in [0.25, 0.3) is 0 Å². The van der Waals surface area contributed by atoms with Crippen molar-refractivity contribution < 1.29 is 0 Å². The van der Waals surface area contributed by atoms with Gasteiger partial charge >= 0.3 is 0 Å². The Hall–Kier alpha value is -1.96. The number of benzene rings is 2. The van der Waals surface area contributed by atoms with Crippen LogP contribution >= 0.6 is 0 Å². The van der Waals surface area contributed by atoms with Crippen molar-refractivity contribution in [1.82, 2.24) is 0 Å². The van der Waals surface area contributed by atoms with E-state index in [1.165, 1.54) is 16.9 Å². The first-order chi connectivity index (χ1) is 9.43. The van der Waals surface area contributed by atoms with Gasteiger partial charge in [0, 0.05) is 31.2 Å². The summed E-state index contributed by atoms with van der Waals surface area (Å²) in [5.41, 5.74) is 5.06. The fraction of sp³-hybridized carbons (Fsp3) is 0.333. The molecular weight excluding hydrogens is 244 g/mol. The van der Waals surface area contributed by atoms with E-state index in [0.29, 0.717) is 0 Å². The highest BCUT2D eigenvalue weighted by molar-refractivity contribution is 5.69. The van der Waals surface area contributed by atoms with E-state index in [1.807, 2.05) is 7.05 Å². The Morgan fingerprint density at radius 3 is 2.30 bits per heavy atom. The molecule has 0 spiro atoms. The Labute approximate surface area is 122 Å². The minimum Gasteiger partial charge on any atom is -0.388 e. The highest BCUT2D eigenvalue weighted by Gasteiger charge is 2.19. The molecule has 0 aromatic heterocycles. The van der Waals surface area contributed by atoms with E-state index >= 15 is 0 Å². The van der Waals surface area contributed by atoms with E-state index in [1.54, 1.807) is 0 Å². The fourth-order valence-electron chi connectivity index (χ4n) is 2.41. The van der Waals surface area contributed by atoms with Gasteiger partial charge in [0.2, 0.25) is 0 Å². The van der Waals surface area contributed by atoms with Crippen molar-refractivity contribution in [3.63, 3.8) is 0 Å². The van der Waals surface area contributed by atoms with Crippen LogP contribution in [0, 0.1) is 0 Å². The molecule has 0 bridgehead atoms. The van der Waals surface area contributed by atoms with Crippen molar-refractivity contribution in [2.45, 2.75) is 26.2 Å². The van der Waals surface area contributed by atoms with Crippen LogP contribution < -0.4 is 10.2 Å². The number of nitrogens with one attached hydrogen (secondary N) is 1. The topological polar surface area (TPSA) is 15.3 Å². The third-order valence-corrected chi connectivity index (χ3v) is 3.60. The molecule has 0 unspecified atom stereocenters. The molecule has 0 amide bonds. The van der Waals surface area contributed by atoms with E-state index in [2.05, 4.69) is 86.6 Å². The summed E-state index contributed by atoms with van der Waals surface area (Å²) in [5, 5.41) is 3.19. The molecule has 2 aromatic carbocycles. The molecule has 106 valence electrons. The predicted octanol–water partition coefficient (Wildman–Crippen LogP) is 4.79. The maximum absolute atomic E-state index is 3.19. The van der Waals surface area contributed by atoms with Gasteiger partial charge in [-0.1, -0.05) is 45.0 Å². The second kappa shape index (κ2) is 5.58.